The molecule has 16 heavy (non-hydrogen) atoms. The van der Waals surface area contributed by atoms with Gasteiger partial charge in [0.1, 0.15) is 0 Å². The summed E-state index contributed by atoms with van der Waals surface area (Å²) in [6, 6.07) is 4.58. The average Bonchev–Trinajstić information content (AvgIpc) is 2.58. The van der Waals surface area contributed by atoms with Gasteiger partial charge in [0.2, 0.25) is 0 Å². The molecule has 0 amide bonds. The first-order valence-electron chi connectivity index (χ1n) is 5.60. The maximum absolute atomic E-state index is 12.8. The van der Waals surface area contributed by atoms with Crippen LogP contribution in [0.4, 0.5) is 13.2 Å². The Hall–Kier alpha value is -0.990. The van der Waals surface area contributed by atoms with Crippen LogP contribution >= 0.6 is 0 Å². The van der Waals surface area contributed by atoms with Gasteiger partial charge in [-0.1, -0.05) is 26.0 Å². The van der Waals surface area contributed by atoms with Gasteiger partial charge in [0.25, 0.3) is 0 Å². The number of hydrogen-bond donors (Lipinski definition) is 0. The summed E-state index contributed by atoms with van der Waals surface area (Å²) in [5, 5.41) is 0. The van der Waals surface area contributed by atoms with Crippen LogP contribution in [0.5, 0.6) is 0 Å². The molecule has 0 saturated carbocycles. The van der Waals surface area contributed by atoms with E-state index in [1.807, 2.05) is 6.07 Å². The van der Waals surface area contributed by atoms with E-state index in [1.165, 1.54) is 12.1 Å². The molecule has 1 aliphatic carbocycles. The first-order valence-corrected chi connectivity index (χ1v) is 5.60. The number of fused-ring (bicyclic) bond motifs is 1. The lowest BCUT2D eigenvalue weighted by atomic mass is 9.89. The molecule has 2 rings (SSSR count). The van der Waals surface area contributed by atoms with E-state index >= 15 is 0 Å². The summed E-state index contributed by atoms with van der Waals surface area (Å²) < 4.78 is 38.3. The van der Waals surface area contributed by atoms with E-state index in [0.717, 1.165) is 12.0 Å². The Labute approximate surface area is 93.5 Å². The molecule has 88 valence electrons. The van der Waals surface area contributed by atoms with Crippen LogP contribution in [0.15, 0.2) is 18.2 Å². The third-order valence-electron chi connectivity index (χ3n) is 3.43. The molecule has 1 unspecified atom stereocenters. The quantitative estimate of drug-likeness (QED) is 0.668. The van der Waals surface area contributed by atoms with Crippen molar-refractivity contribution >= 4 is 0 Å². The van der Waals surface area contributed by atoms with Crippen LogP contribution in [-0.4, -0.2) is 0 Å². The van der Waals surface area contributed by atoms with Crippen molar-refractivity contribution in [1.82, 2.24) is 0 Å². The van der Waals surface area contributed by atoms with E-state index in [-0.39, 0.29) is 5.92 Å². The molecule has 0 N–H and O–H groups in total. The van der Waals surface area contributed by atoms with E-state index < -0.39 is 11.7 Å². The van der Waals surface area contributed by atoms with Gasteiger partial charge in [0.05, 0.1) is 5.56 Å². The molecule has 0 fully saturated rings. The summed E-state index contributed by atoms with van der Waals surface area (Å²) in [5.41, 5.74) is 0.992. The highest BCUT2D eigenvalue weighted by Crippen LogP contribution is 2.43. The maximum Gasteiger partial charge on any atom is 0.416 e. The van der Waals surface area contributed by atoms with Crippen molar-refractivity contribution < 1.29 is 13.2 Å². The fourth-order valence-corrected chi connectivity index (χ4v) is 2.64. The average molecular weight is 228 g/mol. The fourth-order valence-electron chi connectivity index (χ4n) is 2.64. The molecule has 0 spiro atoms. The van der Waals surface area contributed by atoms with Crippen molar-refractivity contribution in [2.45, 2.75) is 38.8 Å². The Balaban J connectivity index is 2.48. The summed E-state index contributed by atoms with van der Waals surface area (Å²) in [7, 11) is 0. The Bertz CT molecular complexity index is 391. The van der Waals surface area contributed by atoms with Crippen LogP contribution in [0.3, 0.4) is 0 Å². The Morgan fingerprint density at radius 1 is 1.25 bits per heavy atom. The lowest BCUT2D eigenvalue weighted by Crippen LogP contribution is -2.09. The topological polar surface area (TPSA) is 0 Å². The highest BCUT2D eigenvalue weighted by atomic mass is 19.4. The van der Waals surface area contributed by atoms with Crippen molar-refractivity contribution in [3.8, 4) is 0 Å². The van der Waals surface area contributed by atoms with Gasteiger partial charge in [-0.15, -0.1) is 0 Å². The highest BCUT2D eigenvalue weighted by molar-refractivity contribution is 5.42. The zero-order chi connectivity index (χ0) is 11.9. The molecule has 3 heteroatoms. The molecule has 0 heterocycles. The van der Waals surface area contributed by atoms with Gasteiger partial charge < -0.3 is 0 Å². The standard InChI is InChI=1S/C13H15F3/c1-8(2)9-6-7-11-10(9)4-3-5-12(11)13(14,15)16/h3-5,8-9H,6-7H2,1-2H3. The predicted octanol–water partition coefficient (Wildman–Crippen LogP) is 4.39. The molecular formula is C13H15F3. The molecule has 0 radical (unpaired) electrons. The normalized spacial score (nSPS) is 20.2. The second-order valence-corrected chi connectivity index (χ2v) is 4.76. The minimum atomic E-state index is -4.21. The van der Waals surface area contributed by atoms with Crippen LogP contribution in [0.1, 0.15) is 42.9 Å². The Morgan fingerprint density at radius 2 is 1.94 bits per heavy atom. The van der Waals surface area contributed by atoms with Gasteiger partial charge >= 0.3 is 6.18 Å². The van der Waals surface area contributed by atoms with Crippen LogP contribution < -0.4 is 0 Å². The Kier molecular flexibility index (Phi) is 2.72. The van der Waals surface area contributed by atoms with Crippen molar-refractivity contribution in [3.63, 3.8) is 0 Å². The highest BCUT2D eigenvalue weighted by Gasteiger charge is 2.37. The molecule has 1 aromatic carbocycles. The van der Waals surface area contributed by atoms with Crippen molar-refractivity contribution in [3.05, 3.63) is 34.9 Å². The molecule has 0 aromatic heterocycles. The maximum atomic E-state index is 12.8. The largest absolute Gasteiger partial charge is 0.416 e. The molecule has 1 atom stereocenters. The van der Waals surface area contributed by atoms with Gasteiger partial charge in [-0.25, -0.2) is 0 Å². The van der Waals surface area contributed by atoms with Gasteiger partial charge in [0.15, 0.2) is 0 Å². The lowest BCUT2D eigenvalue weighted by Gasteiger charge is -2.17. The number of hydrogen-bond acceptors (Lipinski definition) is 0. The van der Waals surface area contributed by atoms with E-state index in [1.54, 1.807) is 0 Å². The second kappa shape index (κ2) is 3.79. The SMILES string of the molecule is CC(C)C1CCc2c1cccc2C(F)(F)F. The minimum Gasteiger partial charge on any atom is -0.166 e. The molecule has 1 aromatic rings. The third-order valence-corrected chi connectivity index (χ3v) is 3.43. The monoisotopic (exact) mass is 228 g/mol. The number of rotatable bonds is 1. The zero-order valence-electron chi connectivity index (χ0n) is 9.43. The summed E-state index contributed by atoms with van der Waals surface area (Å²) in [5.74, 6) is 0.696. The minimum absolute atomic E-state index is 0.289. The first kappa shape index (κ1) is 11.5. The van der Waals surface area contributed by atoms with Gasteiger partial charge in [-0.05, 0) is 41.9 Å². The summed E-state index contributed by atoms with van der Waals surface area (Å²) in [6.07, 6.45) is -2.80. The zero-order valence-corrected chi connectivity index (χ0v) is 9.43. The van der Waals surface area contributed by atoms with Crippen LogP contribution in [-0.2, 0) is 12.6 Å². The Morgan fingerprint density at radius 3 is 2.50 bits per heavy atom. The van der Waals surface area contributed by atoms with Crippen molar-refractivity contribution in [2.24, 2.45) is 5.92 Å². The number of benzene rings is 1. The molecular weight excluding hydrogens is 213 g/mol. The number of alkyl halides is 3. The lowest BCUT2D eigenvalue weighted by molar-refractivity contribution is -0.138. The fraction of sp³-hybridized carbons (Fsp3) is 0.538. The number of halogens is 3. The summed E-state index contributed by atoms with van der Waals surface area (Å²) in [4.78, 5) is 0. The van der Waals surface area contributed by atoms with Crippen molar-refractivity contribution in [1.29, 1.82) is 0 Å². The molecule has 0 bridgehead atoms. The van der Waals surface area contributed by atoms with Crippen LogP contribution in [0, 0.1) is 5.92 Å². The van der Waals surface area contributed by atoms with Crippen molar-refractivity contribution in [2.75, 3.05) is 0 Å². The van der Waals surface area contributed by atoms with E-state index in [9.17, 15) is 13.2 Å². The predicted molar refractivity (Wildman–Crippen MR) is 57.3 cm³/mol. The van der Waals surface area contributed by atoms with E-state index in [2.05, 4.69) is 13.8 Å². The van der Waals surface area contributed by atoms with Crippen LogP contribution in [0.2, 0.25) is 0 Å². The summed E-state index contributed by atoms with van der Waals surface area (Å²) >= 11 is 0. The second-order valence-electron chi connectivity index (χ2n) is 4.76. The molecule has 1 aliphatic rings. The smallest absolute Gasteiger partial charge is 0.166 e. The third kappa shape index (κ3) is 1.83. The van der Waals surface area contributed by atoms with E-state index in [0.29, 0.717) is 17.9 Å². The van der Waals surface area contributed by atoms with Gasteiger partial charge in [0, 0.05) is 0 Å². The molecule has 0 nitrogen and oxygen atoms in total. The molecule has 0 saturated heterocycles. The molecule has 0 aliphatic heterocycles. The van der Waals surface area contributed by atoms with Gasteiger partial charge in [-0.3, -0.25) is 0 Å². The van der Waals surface area contributed by atoms with Crippen LogP contribution in [0.25, 0.3) is 0 Å². The summed E-state index contributed by atoms with van der Waals surface area (Å²) in [6.45, 7) is 4.14. The van der Waals surface area contributed by atoms with E-state index in [4.69, 9.17) is 0 Å². The first-order chi connectivity index (χ1) is 7.41. The van der Waals surface area contributed by atoms with Gasteiger partial charge in [-0.2, -0.15) is 13.2 Å².